The van der Waals surface area contributed by atoms with E-state index >= 15 is 0 Å². The summed E-state index contributed by atoms with van der Waals surface area (Å²) in [4.78, 5) is 64.4. The van der Waals surface area contributed by atoms with Crippen LogP contribution < -0.4 is 0 Å². The smallest absolute Gasteiger partial charge is 0.338 e. The molecule has 33 heavy (non-hydrogen) atoms. The molecule has 2 aliphatic rings. The Morgan fingerprint density at radius 1 is 1.03 bits per heavy atom. The van der Waals surface area contributed by atoms with Gasteiger partial charge in [-0.2, -0.15) is 0 Å². The van der Waals surface area contributed by atoms with Gasteiger partial charge in [0.15, 0.2) is 6.61 Å². The summed E-state index contributed by atoms with van der Waals surface area (Å²) in [5.74, 6) is -2.48. The van der Waals surface area contributed by atoms with E-state index in [1.807, 2.05) is 0 Å². The van der Waals surface area contributed by atoms with Crippen LogP contribution in [-0.2, 0) is 23.8 Å². The molecular weight excluding hydrogens is 432 g/mol. The second-order valence-electron chi connectivity index (χ2n) is 7.85. The zero-order valence-electron chi connectivity index (χ0n) is 18.8. The predicted molar refractivity (Wildman–Crippen MR) is 115 cm³/mol. The summed E-state index contributed by atoms with van der Waals surface area (Å²) in [6, 6.07) is 4.15. The lowest BCUT2D eigenvalue weighted by Crippen LogP contribution is -2.42. The minimum absolute atomic E-state index is 0.0856. The van der Waals surface area contributed by atoms with Crippen LogP contribution in [0.1, 0.15) is 57.3 Å². The lowest BCUT2D eigenvalue weighted by molar-refractivity contribution is -0.151. The zero-order chi connectivity index (χ0) is 24.0. The average molecular weight is 460 g/mol. The molecule has 3 rings (SSSR count). The molecule has 0 saturated carbocycles. The van der Waals surface area contributed by atoms with Crippen LogP contribution in [-0.4, -0.2) is 86.0 Å². The summed E-state index contributed by atoms with van der Waals surface area (Å²) in [5, 5.41) is 0. The number of benzene rings is 1. The van der Waals surface area contributed by atoms with Gasteiger partial charge in [-0.15, -0.1) is 0 Å². The van der Waals surface area contributed by atoms with Crippen molar-refractivity contribution in [2.24, 2.45) is 5.92 Å². The van der Waals surface area contributed by atoms with Gasteiger partial charge in [-0.1, -0.05) is 0 Å². The van der Waals surface area contributed by atoms with Gasteiger partial charge in [0.1, 0.15) is 0 Å². The maximum absolute atomic E-state index is 12.6. The van der Waals surface area contributed by atoms with E-state index in [0.29, 0.717) is 45.6 Å². The van der Waals surface area contributed by atoms with Crippen molar-refractivity contribution in [3.05, 3.63) is 34.9 Å². The molecule has 0 spiro atoms. The van der Waals surface area contributed by atoms with Crippen LogP contribution in [0.4, 0.5) is 0 Å². The van der Waals surface area contributed by atoms with Crippen molar-refractivity contribution in [1.82, 2.24) is 9.80 Å². The number of nitrogens with zero attached hydrogens (tertiary/aromatic N) is 2. The number of ether oxygens (including phenoxy) is 3. The Balaban J connectivity index is 1.53. The van der Waals surface area contributed by atoms with Crippen molar-refractivity contribution < 1.29 is 38.2 Å². The third-order valence-corrected chi connectivity index (χ3v) is 5.73. The van der Waals surface area contributed by atoms with E-state index < -0.39 is 24.4 Å². The molecule has 3 amide bonds. The lowest BCUT2D eigenvalue weighted by Gasteiger charge is -2.30. The number of fused-ring (bicyclic) bond motifs is 1. The van der Waals surface area contributed by atoms with E-state index in [4.69, 9.17) is 14.2 Å². The van der Waals surface area contributed by atoms with E-state index in [9.17, 15) is 24.0 Å². The Labute approximate surface area is 191 Å². The Kier molecular flexibility index (Phi) is 8.16. The number of carbonyl (C=O) groups excluding carboxylic acids is 5. The van der Waals surface area contributed by atoms with Gasteiger partial charge in [0.25, 0.3) is 17.7 Å². The third kappa shape index (κ3) is 5.57. The van der Waals surface area contributed by atoms with Crippen LogP contribution in [0.15, 0.2) is 18.2 Å². The van der Waals surface area contributed by atoms with E-state index in [0.717, 1.165) is 4.90 Å². The van der Waals surface area contributed by atoms with E-state index in [-0.39, 0.29) is 41.0 Å². The Morgan fingerprint density at radius 2 is 1.73 bits per heavy atom. The van der Waals surface area contributed by atoms with Gasteiger partial charge in [-0.05, 0) is 44.4 Å². The molecule has 1 aromatic carbocycles. The minimum atomic E-state index is -0.759. The van der Waals surface area contributed by atoms with E-state index in [2.05, 4.69) is 0 Å². The topological polar surface area (TPSA) is 120 Å². The molecule has 1 aromatic rings. The minimum Gasteiger partial charge on any atom is -0.466 e. The molecule has 0 radical (unpaired) electrons. The highest BCUT2D eigenvalue weighted by Gasteiger charge is 2.36. The van der Waals surface area contributed by atoms with Crippen LogP contribution >= 0.6 is 0 Å². The first-order valence-electron chi connectivity index (χ1n) is 11.0. The first-order valence-corrected chi connectivity index (χ1v) is 11.0. The molecule has 1 saturated heterocycles. The number of hydrogen-bond donors (Lipinski definition) is 0. The summed E-state index contributed by atoms with van der Waals surface area (Å²) >= 11 is 0. The van der Waals surface area contributed by atoms with Gasteiger partial charge >= 0.3 is 11.9 Å². The van der Waals surface area contributed by atoms with Gasteiger partial charge in [-0.3, -0.25) is 24.1 Å². The van der Waals surface area contributed by atoms with Gasteiger partial charge in [0.2, 0.25) is 0 Å². The van der Waals surface area contributed by atoms with E-state index in [1.54, 1.807) is 11.8 Å². The van der Waals surface area contributed by atoms with Crippen LogP contribution in [0, 0.1) is 5.92 Å². The molecule has 0 N–H and O–H groups in total. The fourth-order valence-corrected chi connectivity index (χ4v) is 3.91. The molecule has 10 nitrogen and oxygen atoms in total. The summed E-state index contributed by atoms with van der Waals surface area (Å²) in [6.07, 6.45) is 1.51. The summed E-state index contributed by atoms with van der Waals surface area (Å²) in [6.45, 7) is 3.03. The van der Waals surface area contributed by atoms with Crippen molar-refractivity contribution in [3.8, 4) is 0 Å². The maximum Gasteiger partial charge on any atom is 0.338 e. The number of piperidine rings is 1. The SMILES string of the molecule is CCOC(=O)C1CCN(C(=O)COC(=O)c2ccc3c(c2)C(=O)N(CCCOC)C3=O)CC1. The molecule has 2 heterocycles. The van der Waals surface area contributed by atoms with Crippen molar-refractivity contribution in [3.63, 3.8) is 0 Å². The summed E-state index contributed by atoms with van der Waals surface area (Å²) in [5.41, 5.74) is 0.455. The maximum atomic E-state index is 12.6. The molecule has 1 fully saturated rings. The molecule has 10 heteroatoms. The number of esters is 2. The summed E-state index contributed by atoms with van der Waals surface area (Å²) in [7, 11) is 1.54. The number of hydrogen-bond acceptors (Lipinski definition) is 8. The molecule has 178 valence electrons. The number of methoxy groups -OCH3 is 1. The standard InChI is InChI=1S/C23H28N2O8/c1-3-32-22(29)15-7-10-24(11-8-15)19(26)14-33-23(30)16-5-6-17-18(13-16)21(28)25(20(17)27)9-4-12-31-2/h5-6,13,15H,3-4,7-12,14H2,1-2H3. The highest BCUT2D eigenvalue weighted by molar-refractivity contribution is 6.22. The number of rotatable bonds is 9. The first-order chi connectivity index (χ1) is 15.9. The quantitative estimate of drug-likeness (QED) is 0.307. The molecule has 2 aliphatic heterocycles. The van der Waals surface area contributed by atoms with Gasteiger partial charge in [0, 0.05) is 33.4 Å². The summed E-state index contributed by atoms with van der Waals surface area (Å²) < 4.78 is 15.1. The first kappa shape index (κ1) is 24.4. The van der Waals surface area contributed by atoms with Crippen molar-refractivity contribution in [2.75, 3.05) is 46.6 Å². The molecular formula is C23H28N2O8. The zero-order valence-corrected chi connectivity index (χ0v) is 18.8. The highest BCUT2D eigenvalue weighted by atomic mass is 16.5. The van der Waals surface area contributed by atoms with Crippen LogP contribution in [0.5, 0.6) is 0 Å². The van der Waals surface area contributed by atoms with E-state index in [1.165, 1.54) is 25.3 Å². The Bertz CT molecular complexity index is 936. The van der Waals surface area contributed by atoms with Crippen molar-refractivity contribution in [1.29, 1.82) is 0 Å². The molecule has 0 unspecified atom stereocenters. The van der Waals surface area contributed by atoms with Crippen molar-refractivity contribution in [2.45, 2.75) is 26.2 Å². The third-order valence-electron chi connectivity index (χ3n) is 5.73. The number of imide groups is 1. The number of carbonyl (C=O) groups is 5. The molecule has 0 bridgehead atoms. The van der Waals surface area contributed by atoms with Crippen LogP contribution in [0.3, 0.4) is 0 Å². The van der Waals surface area contributed by atoms with Gasteiger partial charge in [-0.25, -0.2) is 4.79 Å². The number of likely N-dealkylation sites (tertiary alicyclic amines) is 1. The Hall–Kier alpha value is -3.27. The van der Waals surface area contributed by atoms with Gasteiger partial charge in [0.05, 0.1) is 29.2 Å². The normalized spacial score (nSPS) is 16.1. The molecule has 0 aliphatic carbocycles. The molecule has 0 aromatic heterocycles. The van der Waals surface area contributed by atoms with Crippen LogP contribution in [0.2, 0.25) is 0 Å². The van der Waals surface area contributed by atoms with Crippen LogP contribution in [0.25, 0.3) is 0 Å². The lowest BCUT2D eigenvalue weighted by atomic mass is 9.97. The molecule has 0 atom stereocenters. The monoisotopic (exact) mass is 460 g/mol. The average Bonchev–Trinajstić information content (AvgIpc) is 3.07. The van der Waals surface area contributed by atoms with Crippen molar-refractivity contribution >= 4 is 29.7 Å². The second-order valence-corrected chi connectivity index (χ2v) is 7.85. The fourth-order valence-electron chi connectivity index (χ4n) is 3.91. The largest absolute Gasteiger partial charge is 0.466 e. The van der Waals surface area contributed by atoms with Gasteiger partial charge < -0.3 is 19.1 Å². The fraction of sp³-hybridized carbons (Fsp3) is 0.522. The highest BCUT2D eigenvalue weighted by Crippen LogP contribution is 2.25. The Morgan fingerprint density at radius 3 is 2.39 bits per heavy atom. The second kappa shape index (κ2) is 11.0. The number of amides is 3. The predicted octanol–water partition coefficient (Wildman–Crippen LogP) is 1.28.